The van der Waals surface area contributed by atoms with E-state index in [4.69, 9.17) is 0 Å². The molecule has 134 valence electrons. The highest BCUT2D eigenvalue weighted by atomic mass is 32.2. The fourth-order valence-corrected chi connectivity index (χ4v) is 4.03. The van der Waals surface area contributed by atoms with Crippen LogP contribution in [0.25, 0.3) is 5.69 Å². The summed E-state index contributed by atoms with van der Waals surface area (Å²) in [5.41, 5.74) is 1.49. The van der Waals surface area contributed by atoms with Crippen LogP contribution in [-0.4, -0.2) is 33.5 Å². The Morgan fingerprint density at radius 3 is 2.54 bits per heavy atom. The highest BCUT2D eigenvalue weighted by Crippen LogP contribution is 2.29. The van der Waals surface area contributed by atoms with Gasteiger partial charge >= 0.3 is 0 Å². The number of hydrogen-bond donors (Lipinski definition) is 1. The molecule has 0 atom stereocenters. The summed E-state index contributed by atoms with van der Waals surface area (Å²) in [6.45, 7) is 3.28. The maximum atomic E-state index is 12.7. The molecule has 0 fully saturated rings. The molecule has 1 aromatic heterocycles. The van der Waals surface area contributed by atoms with Gasteiger partial charge in [-0.2, -0.15) is 0 Å². The highest BCUT2D eigenvalue weighted by molar-refractivity contribution is 7.93. The van der Waals surface area contributed by atoms with Crippen LogP contribution in [0.4, 0.5) is 11.4 Å². The van der Waals surface area contributed by atoms with Gasteiger partial charge in [0, 0.05) is 11.8 Å². The molecule has 0 saturated carbocycles. The van der Waals surface area contributed by atoms with Gasteiger partial charge in [-0.1, -0.05) is 12.1 Å². The average Bonchev–Trinajstić information content (AvgIpc) is 3.08. The van der Waals surface area contributed by atoms with E-state index in [9.17, 15) is 18.5 Å². The first-order chi connectivity index (χ1) is 12.3. The monoisotopic (exact) mass is 374 g/mol. The van der Waals surface area contributed by atoms with E-state index in [1.165, 1.54) is 36.1 Å². The number of tetrazole rings is 1. The minimum atomic E-state index is -4.14. The van der Waals surface area contributed by atoms with E-state index in [1.54, 1.807) is 19.1 Å². The molecule has 0 aliphatic carbocycles. The van der Waals surface area contributed by atoms with Crippen molar-refractivity contribution < 1.29 is 13.3 Å². The summed E-state index contributed by atoms with van der Waals surface area (Å²) in [5, 5.41) is 22.1. The molecule has 26 heavy (non-hydrogen) atoms. The molecule has 0 spiro atoms. The molecular weight excluding hydrogens is 360 g/mol. The van der Waals surface area contributed by atoms with Crippen molar-refractivity contribution in [2.24, 2.45) is 0 Å². The normalized spacial score (nSPS) is 11.3. The molecule has 0 aliphatic rings. The maximum absolute atomic E-state index is 12.7. The van der Waals surface area contributed by atoms with Crippen molar-refractivity contribution in [2.75, 3.05) is 4.72 Å². The minimum Gasteiger partial charge on any atom is -0.279 e. The smallest absolute Gasteiger partial charge is 0.279 e. The maximum Gasteiger partial charge on any atom is 0.290 e. The zero-order valence-electron chi connectivity index (χ0n) is 13.8. The molecule has 0 aliphatic heterocycles. The van der Waals surface area contributed by atoms with E-state index in [1.807, 2.05) is 0 Å². The van der Waals surface area contributed by atoms with E-state index in [2.05, 4.69) is 20.2 Å². The lowest BCUT2D eigenvalue weighted by Gasteiger charge is -2.12. The summed E-state index contributed by atoms with van der Waals surface area (Å²) >= 11 is 0. The molecule has 1 N–H and O–H groups in total. The molecule has 10 nitrogen and oxygen atoms in total. The Balaban J connectivity index is 1.99. The molecule has 0 amide bonds. The lowest BCUT2D eigenvalue weighted by atomic mass is 10.2. The van der Waals surface area contributed by atoms with Crippen molar-refractivity contribution >= 4 is 21.4 Å². The summed E-state index contributed by atoms with van der Waals surface area (Å²) in [5.74, 6) is 0. The van der Waals surface area contributed by atoms with E-state index in [-0.39, 0.29) is 16.1 Å². The molecule has 3 rings (SSSR count). The molecule has 11 heteroatoms. The van der Waals surface area contributed by atoms with Crippen LogP contribution < -0.4 is 4.72 Å². The van der Waals surface area contributed by atoms with Crippen molar-refractivity contribution in [2.45, 2.75) is 18.7 Å². The number of nitrogens with zero attached hydrogens (tertiary/aromatic N) is 5. The number of aromatic nitrogens is 4. The number of nitro groups is 1. The third kappa shape index (κ3) is 3.24. The SMILES string of the molecule is Cc1cc(NS(=O)(=O)c2c(C)cccc2[N+](=O)[O-])ccc1-n1cnnn1. The summed E-state index contributed by atoms with van der Waals surface area (Å²) < 4.78 is 29.3. The Bertz CT molecular complexity index is 1080. The standard InChI is InChI=1S/C15H14N6O4S/c1-10-4-3-5-14(21(22)23)15(10)26(24,25)17-12-6-7-13(11(2)8-12)20-9-16-18-19-20/h3-9,17H,1-2H3. The second kappa shape index (κ2) is 6.52. The molecule has 0 saturated heterocycles. The zero-order chi connectivity index (χ0) is 18.9. The number of nitrogens with one attached hydrogen (secondary N) is 1. The van der Waals surface area contributed by atoms with E-state index in [0.29, 0.717) is 5.69 Å². The minimum absolute atomic E-state index is 0.275. The van der Waals surface area contributed by atoms with Crippen molar-refractivity contribution in [3.05, 3.63) is 64.0 Å². The molecular formula is C15H14N6O4S. The highest BCUT2D eigenvalue weighted by Gasteiger charge is 2.28. The number of nitro benzene ring substituents is 1. The van der Waals surface area contributed by atoms with Gasteiger partial charge in [-0.3, -0.25) is 14.8 Å². The van der Waals surface area contributed by atoms with Crippen molar-refractivity contribution in [3.8, 4) is 5.69 Å². The van der Waals surface area contributed by atoms with Gasteiger partial charge in [0.2, 0.25) is 0 Å². The number of aryl methyl sites for hydroxylation is 2. The van der Waals surface area contributed by atoms with Gasteiger partial charge in [-0.25, -0.2) is 13.1 Å². The fraction of sp³-hybridized carbons (Fsp3) is 0.133. The summed E-state index contributed by atoms with van der Waals surface area (Å²) in [7, 11) is -4.14. The molecule has 3 aromatic rings. The summed E-state index contributed by atoms with van der Waals surface area (Å²) in [6.07, 6.45) is 1.42. The number of sulfonamides is 1. The van der Waals surface area contributed by atoms with Crippen LogP contribution in [0.15, 0.2) is 47.6 Å². The van der Waals surface area contributed by atoms with Crippen molar-refractivity contribution in [1.29, 1.82) is 0 Å². The Labute approximate surface area is 148 Å². The van der Waals surface area contributed by atoms with Gasteiger partial charge in [-0.05, 0) is 53.6 Å². The van der Waals surface area contributed by atoms with E-state index < -0.39 is 20.6 Å². The second-order valence-electron chi connectivity index (χ2n) is 5.54. The first-order valence-corrected chi connectivity index (χ1v) is 8.89. The Hall–Kier alpha value is -3.34. The van der Waals surface area contributed by atoms with Crippen LogP contribution in [0, 0.1) is 24.0 Å². The lowest BCUT2D eigenvalue weighted by molar-refractivity contribution is -0.387. The van der Waals surface area contributed by atoms with Gasteiger partial charge in [0.05, 0.1) is 10.6 Å². The van der Waals surface area contributed by atoms with Crippen LogP contribution in [-0.2, 0) is 10.0 Å². The molecule has 0 unspecified atom stereocenters. The van der Waals surface area contributed by atoms with Gasteiger partial charge < -0.3 is 0 Å². The van der Waals surface area contributed by atoms with Crippen LogP contribution >= 0.6 is 0 Å². The number of hydrogen-bond acceptors (Lipinski definition) is 7. The Kier molecular flexibility index (Phi) is 4.38. The Morgan fingerprint density at radius 2 is 1.92 bits per heavy atom. The topological polar surface area (TPSA) is 133 Å². The fourth-order valence-electron chi connectivity index (χ4n) is 2.58. The predicted molar refractivity (Wildman–Crippen MR) is 92.5 cm³/mol. The predicted octanol–water partition coefficient (Wildman–Crippen LogP) is 1.99. The molecule has 0 radical (unpaired) electrons. The van der Waals surface area contributed by atoms with E-state index >= 15 is 0 Å². The first kappa shape index (κ1) is 17.5. The van der Waals surface area contributed by atoms with Crippen molar-refractivity contribution in [3.63, 3.8) is 0 Å². The van der Waals surface area contributed by atoms with Crippen LogP contribution in [0.3, 0.4) is 0 Å². The van der Waals surface area contributed by atoms with Crippen LogP contribution in [0.5, 0.6) is 0 Å². The molecule has 2 aromatic carbocycles. The van der Waals surface area contributed by atoms with Crippen LogP contribution in [0.1, 0.15) is 11.1 Å². The second-order valence-corrected chi connectivity index (χ2v) is 7.16. The Morgan fingerprint density at radius 1 is 1.15 bits per heavy atom. The first-order valence-electron chi connectivity index (χ1n) is 7.40. The van der Waals surface area contributed by atoms with Crippen molar-refractivity contribution in [1.82, 2.24) is 20.2 Å². The van der Waals surface area contributed by atoms with Gasteiger partial charge in [0.15, 0.2) is 4.90 Å². The number of benzene rings is 2. The zero-order valence-corrected chi connectivity index (χ0v) is 14.6. The van der Waals surface area contributed by atoms with Gasteiger partial charge in [0.25, 0.3) is 15.7 Å². The van der Waals surface area contributed by atoms with Gasteiger partial charge in [0.1, 0.15) is 6.33 Å². The quantitative estimate of drug-likeness (QED) is 0.533. The summed E-state index contributed by atoms with van der Waals surface area (Å²) in [4.78, 5) is 10.1. The van der Waals surface area contributed by atoms with Gasteiger partial charge in [-0.15, -0.1) is 5.10 Å². The molecule has 1 heterocycles. The number of anilines is 1. The molecule has 0 bridgehead atoms. The third-order valence-electron chi connectivity index (χ3n) is 3.70. The summed E-state index contributed by atoms with van der Waals surface area (Å²) in [6, 6.07) is 8.89. The third-order valence-corrected chi connectivity index (χ3v) is 5.27. The van der Waals surface area contributed by atoms with Crippen LogP contribution in [0.2, 0.25) is 0 Å². The number of rotatable bonds is 5. The lowest BCUT2D eigenvalue weighted by Crippen LogP contribution is -2.16. The largest absolute Gasteiger partial charge is 0.290 e. The average molecular weight is 374 g/mol. The van der Waals surface area contributed by atoms with E-state index in [0.717, 1.165) is 11.6 Å².